The molecule has 110 valence electrons. The Morgan fingerprint density at radius 2 is 1.95 bits per heavy atom. The fourth-order valence-electron chi connectivity index (χ4n) is 3.13. The van der Waals surface area contributed by atoms with Gasteiger partial charge in [-0.2, -0.15) is 4.98 Å². The van der Waals surface area contributed by atoms with Gasteiger partial charge in [0.15, 0.2) is 0 Å². The molecule has 0 aliphatic carbocycles. The third-order valence-corrected chi connectivity index (χ3v) is 4.08. The van der Waals surface area contributed by atoms with E-state index in [9.17, 15) is 0 Å². The van der Waals surface area contributed by atoms with E-state index in [0.29, 0.717) is 5.95 Å². The van der Waals surface area contributed by atoms with Crippen LogP contribution in [0.15, 0.2) is 30.3 Å². The highest BCUT2D eigenvalue weighted by atomic mass is 15.2. The number of rotatable bonds is 2. The van der Waals surface area contributed by atoms with Crippen molar-refractivity contribution in [2.45, 2.75) is 32.7 Å². The summed E-state index contributed by atoms with van der Waals surface area (Å²) < 4.78 is 0. The molecule has 0 bridgehead atoms. The molecule has 1 aromatic heterocycles. The molecule has 0 unspecified atom stereocenters. The smallest absolute Gasteiger partial charge is 0.224 e. The molecule has 0 amide bonds. The van der Waals surface area contributed by atoms with E-state index < -0.39 is 0 Å². The Kier molecular flexibility index (Phi) is 3.32. The molecule has 0 saturated carbocycles. The maximum Gasteiger partial charge on any atom is 0.224 e. The van der Waals surface area contributed by atoms with E-state index in [0.717, 1.165) is 24.6 Å². The Morgan fingerprint density at radius 3 is 2.71 bits per heavy atom. The molecular formula is C17H22N4. The van der Waals surface area contributed by atoms with Gasteiger partial charge in [-0.1, -0.05) is 38.1 Å². The van der Waals surface area contributed by atoms with Gasteiger partial charge in [-0.3, -0.25) is 0 Å². The van der Waals surface area contributed by atoms with Crippen molar-refractivity contribution in [3.63, 3.8) is 0 Å². The lowest BCUT2D eigenvalue weighted by atomic mass is 9.78. The lowest BCUT2D eigenvalue weighted by molar-refractivity contribution is 0.474. The molecule has 21 heavy (non-hydrogen) atoms. The van der Waals surface area contributed by atoms with Crippen molar-refractivity contribution in [1.82, 2.24) is 9.97 Å². The van der Waals surface area contributed by atoms with Crippen LogP contribution >= 0.6 is 0 Å². The fourth-order valence-corrected chi connectivity index (χ4v) is 3.13. The average Bonchev–Trinajstić information content (AvgIpc) is 2.46. The Balaban J connectivity index is 2.01. The van der Waals surface area contributed by atoms with Gasteiger partial charge < -0.3 is 10.2 Å². The first-order chi connectivity index (χ1) is 9.99. The zero-order valence-electron chi connectivity index (χ0n) is 13.1. The molecule has 2 heterocycles. The minimum Gasteiger partial charge on any atom is -0.357 e. The molecular weight excluding hydrogens is 260 g/mol. The summed E-state index contributed by atoms with van der Waals surface area (Å²) in [5.74, 6) is 1.68. The van der Waals surface area contributed by atoms with Crippen LogP contribution < -0.4 is 10.2 Å². The van der Waals surface area contributed by atoms with Crippen molar-refractivity contribution in [3.8, 4) is 0 Å². The lowest BCUT2D eigenvalue weighted by Crippen LogP contribution is -2.42. The SMILES string of the molecule is CNc1nc(C)cc(N2Cc3ccccc3C(C)(C)C2)n1. The predicted octanol–water partition coefficient (Wildman–Crippen LogP) is 3.12. The number of anilines is 2. The normalized spacial score (nSPS) is 16.5. The summed E-state index contributed by atoms with van der Waals surface area (Å²) in [5, 5.41) is 3.04. The maximum absolute atomic E-state index is 4.62. The zero-order valence-corrected chi connectivity index (χ0v) is 13.1. The fraction of sp³-hybridized carbons (Fsp3) is 0.412. The number of benzene rings is 1. The highest BCUT2D eigenvalue weighted by Crippen LogP contribution is 2.35. The first kappa shape index (κ1) is 13.9. The minimum absolute atomic E-state index is 0.119. The van der Waals surface area contributed by atoms with Crippen LogP contribution in [0.25, 0.3) is 0 Å². The molecule has 0 spiro atoms. The van der Waals surface area contributed by atoms with Crippen LogP contribution in [-0.2, 0) is 12.0 Å². The zero-order chi connectivity index (χ0) is 15.0. The molecule has 0 radical (unpaired) electrons. The van der Waals surface area contributed by atoms with Crippen LogP contribution in [-0.4, -0.2) is 23.6 Å². The molecule has 0 atom stereocenters. The number of nitrogens with one attached hydrogen (secondary N) is 1. The van der Waals surface area contributed by atoms with Gasteiger partial charge in [0.2, 0.25) is 5.95 Å². The highest BCUT2D eigenvalue weighted by molar-refractivity contribution is 5.50. The van der Waals surface area contributed by atoms with Crippen molar-refractivity contribution >= 4 is 11.8 Å². The highest BCUT2D eigenvalue weighted by Gasteiger charge is 2.32. The van der Waals surface area contributed by atoms with E-state index in [1.54, 1.807) is 0 Å². The van der Waals surface area contributed by atoms with Crippen LogP contribution in [0.1, 0.15) is 30.7 Å². The molecule has 0 saturated heterocycles. The second-order valence-corrected chi connectivity index (χ2v) is 6.34. The Hall–Kier alpha value is -2.10. The quantitative estimate of drug-likeness (QED) is 0.919. The van der Waals surface area contributed by atoms with Gasteiger partial charge in [0.1, 0.15) is 5.82 Å². The number of hydrogen-bond acceptors (Lipinski definition) is 4. The molecule has 1 aromatic carbocycles. The van der Waals surface area contributed by atoms with Crippen molar-refractivity contribution in [1.29, 1.82) is 0 Å². The second kappa shape index (κ2) is 5.02. The van der Waals surface area contributed by atoms with Gasteiger partial charge in [0.25, 0.3) is 0 Å². The van der Waals surface area contributed by atoms with Gasteiger partial charge in [-0.15, -0.1) is 0 Å². The third kappa shape index (κ3) is 2.58. The third-order valence-electron chi connectivity index (χ3n) is 4.08. The number of hydrogen-bond donors (Lipinski definition) is 1. The van der Waals surface area contributed by atoms with Crippen LogP contribution in [0.4, 0.5) is 11.8 Å². The number of fused-ring (bicyclic) bond motifs is 1. The van der Waals surface area contributed by atoms with E-state index in [4.69, 9.17) is 0 Å². The number of aryl methyl sites for hydroxylation is 1. The van der Waals surface area contributed by atoms with Crippen LogP contribution in [0.3, 0.4) is 0 Å². The first-order valence-electron chi connectivity index (χ1n) is 7.36. The Morgan fingerprint density at radius 1 is 1.19 bits per heavy atom. The summed E-state index contributed by atoms with van der Waals surface area (Å²) in [6, 6.07) is 10.8. The topological polar surface area (TPSA) is 41.1 Å². The van der Waals surface area contributed by atoms with Crippen molar-refractivity contribution in [2.75, 3.05) is 23.8 Å². The summed E-state index contributed by atoms with van der Waals surface area (Å²) in [4.78, 5) is 11.3. The van der Waals surface area contributed by atoms with Gasteiger partial charge in [0, 0.05) is 37.3 Å². The van der Waals surface area contributed by atoms with E-state index >= 15 is 0 Å². The van der Waals surface area contributed by atoms with Crippen LogP contribution in [0, 0.1) is 6.92 Å². The Labute approximate surface area is 126 Å². The minimum atomic E-state index is 0.119. The van der Waals surface area contributed by atoms with Crippen LogP contribution in [0.5, 0.6) is 0 Å². The molecule has 3 rings (SSSR count). The number of aromatic nitrogens is 2. The van der Waals surface area contributed by atoms with Gasteiger partial charge >= 0.3 is 0 Å². The van der Waals surface area contributed by atoms with Gasteiger partial charge in [-0.25, -0.2) is 4.98 Å². The standard InChI is InChI=1S/C17H22N4/c1-12-9-15(20-16(18-4)19-12)21-10-13-7-5-6-8-14(13)17(2,3)11-21/h5-9H,10-11H2,1-4H3,(H,18,19,20). The van der Waals surface area contributed by atoms with Gasteiger partial charge in [0.05, 0.1) is 0 Å². The van der Waals surface area contributed by atoms with E-state index in [1.165, 1.54) is 11.1 Å². The molecule has 1 aliphatic heterocycles. The van der Waals surface area contributed by atoms with Crippen molar-refractivity contribution in [3.05, 3.63) is 47.2 Å². The average molecular weight is 282 g/mol. The summed E-state index contributed by atoms with van der Waals surface area (Å²) in [6.45, 7) is 8.47. The summed E-state index contributed by atoms with van der Waals surface area (Å²) in [7, 11) is 1.86. The summed E-state index contributed by atoms with van der Waals surface area (Å²) >= 11 is 0. The first-order valence-corrected chi connectivity index (χ1v) is 7.36. The van der Waals surface area contributed by atoms with Crippen LogP contribution in [0.2, 0.25) is 0 Å². The van der Waals surface area contributed by atoms with E-state index in [2.05, 4.69) is 64.4 Å². The lowest BCUT2D eigenvalue weighted by Gasteiger charge is -2.40. The second-order valence-electron chi connectivity index (χ2n) is 6.34. The maximum atomic E-state index is 4.62. The molecule has 1 aliphatic rings. The van der Waals surface area contributed by atoms with E-state index in [-0.39, 0.29) is 5.41 Å². The monoisotopic (exact) mass is 282 g/mol. The van der Waals surface area contributed by atoms with E-state index in [1.807, 2.05) is 14.0 Å². The largest absolute Gasteiger partial charge is 0.357 e. The van der Waals surface area contributed by atoms with Crippen molar-refractivity contribution in [2.24, 2.45) is 0 Å². The molecule has 2 aromatic rings. The number of nitrogens with zero attached hydrogens (tertiary/aromatic N) is 3. The van der Waals surface area contributed by atoms with Gasteiger partial charge in [-0.05, 0) is 18.1 Å². The summed E-state index contributed by atoms with van der Waals surface area (Å²) in [5.41, 5.74) is 3.94. The molecule has 4 nitrogen and oxygen atoms in total. The summed E-state index contributed by atoms with van der Waals surface area (Å²) in [6.07, 6.45) is 0. The molecule has 4 heteroatoms. The Bertz CT molecular complexity index is 664. The predicted molar refractivity (Wildman–Crippen MR) is 86.8 cm³/mol. The van der Waals surface area contributed by atoms with Crippen molar-refractivity contribution < 1.29 is 0 Å². The molecule has 0 fully saturated rings. The molecule has 1 N–H and O–H groups in total.